The summed E-state index contributed by atoms with van der Waals surface area (Å²) in [5.74, 6) is 0. The molecule has 1 saturated carbocycles. The molecule has 0 amide bonds. The number of allylic oxidation sites excluding steroid dienone is 2. The first-order chi connectivity index (χ1) is 16.2. The summed E-state index contributed by atoms with van der Waals surface area (Å²) in [7, 11) is 0. The van der Waals surface area contributed by atoms with E-state index in [9.17, 15) is 0 Å². The lowest BCUT2D eigenvalue weighted by Crippen LogP contribution is -2.80. The van der Waals surface area contributed by atoms with Crippen LogP contribution in [-0.2, 0) is 6.42 Å². The molecule has 14 heteroatoms. The van der Waals surface area contributed by atoms with Crippen LogP contribution in [-0.4, -0.2) is 28.0 Å². The molecule has 0 heterocycles. The summed E-state index contributed by atoms with van der Waals surface area (Å²) < 4.78 is -6.11. The predicted molar refractivity (Wildman–Crippen MR) is 207 cm³/mol. The molecule has 0 aliphatic heterocycles. The lowest BCUT2D eigenvalue weighted by atomic mass is 9.69. The average Bonchev–Trinajstić information content (AvgIpc) is 2.78. The monoisotopic (exact) mass is 1380 g/mol. The van der Waals surface area contributed by atoms with Crippen LogP contribution in [0.1, 0.15) is 12.0 Å². The van der Waals surface area contributed by atoms with E-state index >= 15 is 0 Å². The molecule has 2 aliphatic carbocycles. The van der Waals surface area contributed by atoms with Gasteiger partial charge in [0, 0.05) is 0 Å². The number of fused-ring (bicyclic) bond motifs is 2. The summed E-state index contributed by atoms with van der Waals surface area (Å²) in [6.45, 7) is 0. The van der Waals surface area contributed by atoms with Crippen LogP contribution in [0.15, 0.2) is 54.1 Å². The van der Waals surface area contributed by atoms with E-state index in [2.05, 4.69) is 272 Å². The fraction of sp³-hybridized carbons (Fsp3) is 0.455. The summed E-state index contributed by atoms with van der Waals surface area (Å²) in [4.78, 5) is 0. The summed E-state index contributed by atoms with van der Waals surface area (Å²) in [6, 6.07) is 15.0. The standard InChI is InChI=1S/C22H12Br14/c23-15(9-8-12-6-3-5-11-4-1-2-7-13(11)12)14-10-16(24,25)19(29,30)20(31,32)17(14,26)21(33,34)22(35,36)18(15,27)28/h1-7,10H,8-9H2. The molecule has 36 heavy (non-hydrogen) atoms. The molecule has 2 atom stereocenters. The Hall–Kier alpha value is 5.16. The molecule has 0 saturated heterocycles. The molecule has 1 fully saturated rings. The van der Waals surface area contributed by atoms with Gasteiger partial charge in [0.15, 0.2) is 0 Å². The quantitative estimate of drug-likeness (QED) is 0.212. The minimum Gasteiger partial charge on any atom is -0.0778 e. The van der Waals surface area contributed by atoms with Gasteiger partial charge in [-0.15, -0.1) is 0 Å². The maximum Gasteiger partial charge on any atom is 0.136 e. The smallest absolute Gasteiger partial charge is 0.0778 e. The Morgan fingerprint density at radius 1 is 0.528 bits per heavy atom. The number of alkyl halides is 14. The second-order valence-electron chi connectivity index (χ2n) is 8.65. The van der Waals surface area contributed by atoms with E-state index in [4.69, 9.17) is 0 Å². The number of hydrogen-bond acceptors (Lipinski definition) is 0. The summed E-state index contributed by atoms with van der Waals surface area (Å²) >= 11 is 56.7. The maximum absolute atomic E-state index is 4.28. The van der Waals surface area contributed by atoms with Gasteiger partial charge in [-0.1, -0.05) is 272 Å². The number of benzene rings is 2. The lowest BCUT2D eigenvalue weighted by molar-refractivity contribution is 0.381. The van der Waals surface area contributed by atoms with Gasteiger partial charge in [0.2, 0.25) is 0 Å². The molecular formula is C22H12Br14. The summed E-state index contributed by atoms with van der Waals surface area (Å²) in [5, 5.41) is 2.49. The Morgan fingerprint density at radius 2 is 1.06 bits per heavy atom. The Balaban J connectivity index is 1.98. The van der Waals surface area contributed by atoms with Crippen molar-refractivity contribution in [1.82, 2.24) is 0 Å². The van der Waals surface area contributed by atoms with Crippen molar-refractivity contribution in [3.63, 3.8) is 0 Å². The molecule has 4 rings (SSSR count). The van der Waals surface area contributed by atoms with Crippen LogP contribution in [0.25, 0.3) is 10.8 Å². The molecule has 2 unspecified atom stereocenters. The van der Waals surface area contributed by atoms with Crippen molar-refractivity contribution in [2.75, 3.05) is 0 Å². The van der Waals surface area contributed by atoms with Crippen LogP contribution in [0.3, 0.4) is 0 Å². The van der Waals surface area contributed by atoms with Crippen molar-refractivity contribution in [2.24, 2.45) is 0 Å². The molecule has 0 spiro atoms. The van der Waals surface area contributed by atoms with Crippen LogP contribution >= 0.6 is 223 Å². The van der Waals surface area contributed by atoms with Gasteiger partial charge < -0.3 is 0 Å². The fourth-order valence-corrected chi connectivity index (χ4v) is 19.5. The van der Waals surface area contributed by atoms with Gasteiger partial charge in [-0.25, -0.2) is 0 Å². The number of rotatable bonds is 3. The van der Waals surface area contributed by atoms with Crippen molar-refractivity contribution in [1.29, 1.82) is 0 Å². The third kappa shape index (κ3) is 4.53. The van der Waals surface area contributed by atoms with Crippen LogP contribution in [0, 0.1) is 0 Å². The van der Waals surface area contributed by atoms with E-state index in [1.54, 1.807) is 0 Å². The van der Waals surface area contributed by atoms with Gasteiger partial charge in [-0.05, 0) is 34.8 Å². The highest BCUT2D eigenvalue weighted by Crippen LogP contribution is 2.84. The predicted octanol–water partition coefficient (Wildman–Crippen LogP) is 13.9. The van der Waals surface area contributed by atoms with E-state index in [1.807, 2.05) is 0 Å². The molecule has 2 aromatic rings. The minimum atomic E-state index is -0.828. The Kier molecular flexibility index (Phi) is 10.3. The van der Waals surface area contributed by atoms with Gasteiger partial charge in [0.1, 0.15) is 23.7 Å². The number of hydrogen-bond donors (Lipinski definition) is 0. The number of aryl methyl sites for hydroxylation is 1. The van der Waals surface area contributed by atoms with E-state index in [-0.39, 0.29) is 0 Å². The zero-order chi connectivity index (χ0) is 27.4. The van der Waals surface area contributed by atoms with Crippen molar-refractivity contribution in [2.45, 2.75) is 40.9 Å². The normalized spacial score (nSPS) is 33.0. The average molecular weight is 1390 g/mol. The van der Waals surface area contributed by atoms with Crippen molar-refractivity contribution in [3.05, 3.63) is 59.7 Å². The largest absolute Gasteiger partial charge is 0.136 e. The van der Waals surface area contributed by atoms with Crippen molar-refractivity contribution in [3.8, 4) is 0 Å². The molecule has 0 aromatic heterocycles. The molecule has 198 valence electrons. The first-order valence-electron chi connectivity index (χ1n) is 10.0. The van der Waals surface area contributed by atoms with E-state index in [0.29, 0.717) is 0 Å². The van der Waals surface area contributed by atoms with E-state index < -0.39 is 28.0 Å². The van der Waals surface area contributed by atoms with Crippen LogP contribution in [0.2, 0.25) is 0 Å². The third-order valence-corrected chi connectivity index (χ3v) is 35.2. The van der Waals surface area contributed by atoms with Crippen LogP contribution in [0.4, 0.5) is 0 Å². The van der Waals surface area contributed by atoms with Crippen molar-refractivity contribution < 1.29 is 0 Å². The highest BCUT2D eigenvalue weighted by atomic mass is 79.9. The van der Waals surface area contributed by atoms with Gasteiger partial charge in [0.25, 0.3) is 0 Å². The molecule has 0 bridgehead atoms. The molecular weight excluding hydrogens is 1380 g/mol. The highest BCUT2D eigenvalue weighted by molar-refractivity contribution is 9.35. The van der Waals surface area contributed by atoms with Gasteiger partial charge in [-0.3, -0.25) is 0 Å². The Labute approximate surface area is 328 Å². The van der Waals surface area contributed by atoms with Crippen LogP contribution in [0.5, 0.6) is 0 Å². The zero-order valence-electron chi connectivity index (χ0n) is 17.3. The van der Waals surface area contributed by atoms with Crippen molar-refractivity contribution >= 4 is 234 Å². The first-order valence-corrected chi connectivity index (χ1v) is 21.1. The second-order valence-corrected chi connectivity index (χ2v) is 32.0. The maximum atomic E-state index is 4.28. The van der Waals surface area contributed by atoms with Gasteiger partial charge in [-0.2, -0.15) is 0 Å². The van der Waals surface area contributed by atoms with Gasteiger partial charge in [0.05, 0.1) is 4.32 Å². The topological polar surface area (TPSA) is 0 Å². The van der Waals surface area contributed by atoms with Gasteiger partial charge >= 0.3 is 0 Å². The molecule has 0 radical (unpaired) electrons. The molecule has 0 N–H and O–H groups in total. The lowest BCUT2D eigenvalue weighted by Gasteiger charge is -2.70. The Morgan fingerprint density at radius 3 is 1.67 bits per heavy atom. The summed E-state index contributed by atoms with van der Waals surface area (Å²) in [6.07, 6.45) is 3.76. The zero-order valence-corrected chi connectivity index (χ0v) is 39.5. The van der Waals surface area contributed by atoms with Crippen LogP contribution < -0.4 is 0 Å². The molecule has 2 aromatic carbocycles. The first kappa shape index (κ1) is 34.0. The molecule has 0 nitrogen and oxygen atoms in total. The summed E-state index contributed by atoms with van der Waals surface area (Å²) in [5.41, 5.74) is 2.34. The molecule has 2 aliphatic rings. The SMILES string of the molecule is BrC1(Br)C=C2C(Br)(CCc3cccc4ccccc34)C(Br)(Br)C(Br)(Br)C(Br)(Br)C2(Br)C(Br)(Br)C1(Br)Br. The third-order valence-electron chi connectivity index (χ3n) is 6.71. The number of halogens is 14. The highest BCUT2D eigenvalue weighted by Gasteiger charge is 2.86. The fourth-order valence-electron chi connectivity index (χ4n) is 4.66. The minimum absolute atomic E-state index is 0.644. The Bertz CT molecular complexity index is 1240. The van der Waals surface area contributed by atoms with E-state index in [1.165, 1.54) is 16.3 Å². The second kappa shape index (κ2) is 10.9. The van der Waals surface area contributed by atoms with E-state index in [0.717, 1.165) is 18.4 Å².